The third-order valence-electron chi connectivity index (χ3n) is 13.1. The Morgan fingerprint density at radius 2 is 1.25 bits per heavy atom. The van der Waals surface area contributed by atoms with Gasteiger partial charge >= 0.3 is 17.7 Å². The number of phenolic OH excluding ortho intramolecular Hbond substituents is 1. The number of benzene rings is 2. The van der Waals surface area contributed by atoms with Gasteiger partial charge in [-0.25, -0.2) is 23.9 Å². The molecule has 6 aromatic heterocycles. The maximum Gasteiger partial charge on any atom is 0.419 e. The van der Waals surface area contributed by atoms with Crippen LogP contribution in [0.2, 0.25) is 0 Å². The molecule has 81 heavy (non-hydrogen) atoms. The van der Waals surface area contributed by atoms with E-state index in [9.17, 15) is 29.1 Å². The van der Waals surface area contributed by atoms with Crippen LogP contribution in [0.25, 0.3) is 11.0 Å². The Balaban J connectivity index is 0.897. The SMILES string of the molecule is CCN(CC)c1ccc2cc(C(=O)NCCOCCOC(=O)n3cnc(CC(=O)N[C@@H](Cc4cc(CN(Cc5ccccn5)Cc5ccccn5)c(O)c(CN(Cc5ccccn5)Cc5ccccn5)c4)C(=O)OC)c3)c(=O)oc2c1. The summed E-state index contributed by atoms with van der Waals surface area (Å²) < 4.78 is 22.6. The molecule has 0 saturated carbocycles. The summed E-state index contributed by atoms with van der Waals surface area (Å²) in [7, 11) is 1.24. The van der Waals surface area contributed by atoms with E-state index in [1.807, 2.05) is 105 Å². The highest BCUT2D eigenvalue weighted by molar-refractivity contribution is 5.97. The Morgan fingerprint density at radius 3 is 1.77 bits per heavy atom. The van der Waals surface area contributed by atoms with Crippen LogP contribution in [0, 0.1) is 0 Å². The zero-order valence-electron chi connectivity index (χ0n) is 45.5. The standard InChI is InChI=1S/C60H65N11O10/c1-4-70(5-2)51-19-18-43-31-52(58(75)81-54(43)33-51)57(74)65-24-25-79-26-27-80-60(77)71-40-50(66-41-71)32-55(72)67-53(59(76)78-3)30-42-28-44(34-68(36-46-14-6-10-20-61-46)37-47-15-7-11-21-62-47)56(73)45(29-42)35-69(38-48-16-8-12-22-63-48)39-49-17-9-13-23-64-49/h6-23,28-29,31,33,40-41,53,73H,4-5,24-27,30,32,34-39H2,1-3H3,(H,65,74)(H,67,72)/t53-/m0/s1. The molecule has 1 atom stereocenters. The van der Waals surface area contributed by atoms with Crippen molar-refractivity contribution in [1.82, 2.24) is 49.9 Å². The molecule has 420 valence electrons. The molecule has 6 heterocycles. The van der Waals surface area contributed by atoms with E-state index in [1.165, 1.54) is 25.7 Å². The van der Waals surface area contributed by atoms with Gasteiger partial charge in [-0.3, -0.25) is 39.3 Å². The number of ether oxygens (including phenoxy) is 3. The Morgan fingerprint density at radius 1 is 0.679 bits per heavy atom. The molecule has 2 aromatic carbocycles. The van der Waals surface area contributed by atoms with Crippen LogP contribution in [0.3, 0.4) is 0 Å². The Bertz CT molecular complexity index is 3210. The van der Waals surface area contributed by atoms with Gasteiger partial charge in [0, 0.05) is 125 Å². The molecule has 8 aromatic rings. The molecule has 0 aliphatic heterocycles. The predicted molar refractivity (Wildman–Crippen MR) is 300 cm³/mol. The molecule has 0 saturated heterocycles. The summed E-state index contributed by atoms with van der Waals surface area (Å²) >= 11 is 0. The molecule has 0 fully saturated rings. The van der Waals surface area contributed by atoms with Crippen molar-refractivity contribution in [3.8, 4) is 5.75 Å². The number of phenols is 1. The van der Waals surface area contributed by atoms with E-state index in [-0.39, 0.29) is 69.3 Å². The number of carbonyl (C=O) groups excluding carboxylic acids is 4. The van der Waals surface area contributed by atoms with Crippen molar-refractivity contribution in [2.24, 2.45) is 0 Å². The normalized spacial score (nSPS) is 11.6. The highest BCUT2D eigenvalue weighted by Gasteiger charge is 2.26. The van der Waals surface area contributed by atoms with Gasteiger partial charge in [-0.05, 0) is 86.1 Å². The van der Waals surface area contributed by atoms with Crippen LogP contribution < -0.4 is 21.2 Å². The van der Waals surface area contributed by atoms with Gasteiger partial charge in [-0.2, -0.15) is 0 Å². The molecule has 3 N–H and O–H groups in total. The van der Waals surface area contributed by atoms with Gasteiger partial charge in [0.1, 0.15) is 35.9 Å². The number of methoxy groups -OCH3 is 1. The average Bonchev–Trinajstić information content (AvgIpc) is 3.97. The van der Waals surface area contributed by atoms with Crippen molar-refractivity contribution < 1.29 is 42.9 Å². The molecular formula is C60H65N11O10. The number of esters is 1. The number of hydrogen-bond acceptors (Lipinski definition) is 18. The van der Waals surface area contributed by atoms with Gasteiger partial charge < -0.3 is 39.3 Å². The van der Waals surface area contributed by atoms with Crippen LogP contribution >= 0.6 is 0 Å². The van der Waals surface area contributed by atoms with Crippen LogP contribution in [0.15, 0.2) is 156 Å². The van der Waals surface area contributed by atoms with Crippen LogP contribution in [-0.2, 0) is 75.9 Å². The summed E-state index contributed by atoms with van der Waals surface area (Å²) in [5, 5.41) is 18.3. The number of carbonyl (C=O) groups is 4. The van der Waals surface area contributed by atoms with Gasteiger partial charge in [0.15, 0.2) is 0 Å². The maximum absolute atomic E-state index is 13.7. The second-order valence-corrected chi connectivity index (χ2v) is 19.0. The van der Waals surface area contributed by atoms with Crippen LogP contribution in [0.1, 0.15) is 69.4 Å². The molecule has 21 heteroatoms. The first-order valence-electron chi connectivity index (χ1n) is 26.6. The third kappa shape index (κ3) is 16.9. The number of nitrogens with one attached hydrogen (secondary N) is 2. The number of rotatable bonds is 28. The molecular weight excluding hydrogens is 1030 g/mol. The van der Waals surface area contributed by atoms with Crippen molar-refractivity contribution in [1.29, 1.82) is 0 Å². The number of pyridine rings is 4. The van der Waals surface area contributed by atoms with Gasteiger partial charge in [-0.15, -0.1) is 0 Å². The van der Waals surface area contributed by atoms with Crippen molar-refractivity contribution in [3.05, 3.63) is 208 Å². The first-order chi connectivity index (χ1) is 39.4. The van der Waals surface area contributed by atoms with Gasteiger partial charge in [0.25, 0.3) is 5.91 Å². The highest BCUT2D eigenvalue weighted by atomic mass is 16.6. The lowest BCUT2D eigenvalue weighted by molar-refractivity contribution is -0.145. The highest BCUT2D eigenvalue weighted by Crippen LogP contribution is 2.30. The predicted octanol–water partition coefficient (Wildman–Crippen LogP) is 6.40. The molecule has 0 aliphatic carbocycles. The van der Waals surface area contributed by atoms with Crippen molar-refractivity contribution in [2.75, 3.05) is 51.5 Å². The van der Waals surface area contributed by atoms with E-state index in [0.29, 0.717) is 53.8 Å². The molecule has 0 aliphatic rings. The fourth-order valence-electron chi connectivity index (χ4n) is 9.17. The number of hydrogen-bond donors (Lipinski definition) is 3. The summed E-state index contributed by atoms with van der Waals surface area (Å²) in [6.07, 6.45) is 8.42. The number of imidazole rings is 1. The fourth-order valence-corrected chi connectivity index (χ4v) is 9.17. The topological polar surface area (TPSA) is 250 Å². The van der Waals surface area contributed by atoms with Gasteiger partial charge in [0.05, 0.1) is 55.2 Å². The number of aromatic hydroxyl groups is 1. The van der Waals surface area contributed by atoms with Crippen molar-refractivity contribution in [2.45, 2.75) is 72.0 Å². The maximum atomic E-state index is 13.7. The van der Waals surface area contributed by atoms with E-state index < -0.39 is 35.5 Å². The third-order valence-corrected chi connectivity index (χ3v) is 13.1. The van der Waals surface area contributed by atoms with E-state index >= 15 is 0 Å². The average molecular weight is 1100 g/mol. The molecule has 0 radical (unpaired) electrons. The van der Waals surface area contributed by atoms with Crippen LogP contribution in [0.5, 0.6) is 5.75 Å². The minimum atomic E-state index is -1.16. The van der Waals surface area contributed by atoms with Gasteiger partial charge in [-0.1, -0.05) is 36.4 Å². The Kier molecular flexibility index (Phi) is 20.9. The number of fused-ring (bicyclic) bond motifs is 1. The molecule has 0 spiro atoms. The molecule has 21 nitrogen and oxygen atoms in total. The van der Waals surface area contributed by atoms with Gasteiger partial charge in [0.2, 0.25) is 5.91 Å². The summed E-state index contributed by atoms with van der Waals surface area (Å²) in [4.78, 5) is 94.6. The molecule has 8 rings (SSSR count). The summed E-state index contributed by atoms with van der Waals surface area (Å²) in [6.45, 7) is 7.93. The lowest BCUT2D eigenvalue weighted by Gasteiger charge is -2.26. The van der Waals surface area contributed by atoms with Crippen LogP contribution in [0.4, 0.5) is 10.5 Å². The van der Waals surface area contributed by atoms with E-state index in [0.717, 1.165) is 46.1 Å². The van der Waals surface area contributed by atoms with Crippen molar-refractivity contribution in [3.63, 3.8) is 0 Å². The Labute approximate surface area is 468 Å². The fraction of sp³-hybridized carbons (Fsp3) is 0.300. The molecule has 2 amide bonds. The minimum absolute atomic E-state index is 0.000667. The first kappa shape index (κ1) is 58.0. The second-order valence-electron chi connectivity index (χ2n) is 19.0. The lowest BCUT2D eigenvalue weighted by atomic mass is 9.97. The smallest absolute Gasteiger partial charge is 0.419 e. The summed E-state index contributed by atoms with van der Waals surface area (Å²) in [6, 6.07) is 32.3. The van der Waals surface area contributed by atoms with E-state index in [2.05, 4.69) is 50.3 Å². The second kappa shape index (κ2) is 29.2. The number of amides is 2. The summed E-state index contributed by atoms with van der Waals surface area (Å²) in [5.41, 5.74) is 5.70. The Hall–Kier alpha value is -9.18. The quantitative estimate of drug-likeness (QED) is 0.0273. The van der Waals surface area contributed by atoms with Crippen LogP contribution in [-0.4, -0.2) is 121 Å². The zero-order valence-corrected chi connectivity index (χ0v) is 45.5. The van der Waals surface area contributed by atoms with Crippen molar-refractivity contribution >= 4 is 40.5 Å². The largest absolute Gasteiger partial charge is 0.507 e. The zero-order chi connectivity index (χ0) is 56.9. The molecule has 0 unspecified atom stereocenters. The number of aromatic nitrogens is 6. The number of nitrogens with zero attached hydrogens (tertiary/aromatic N) is 9. The molecule has 0 bridgehead atoms. The number of anilines is 1. The minimum Gasteiger partial charge on any atom is -0.507 e. The van der Waals surface area contributed by atoms with E-state index in [1.54, 1.807) is 36.9 Å². The summed E-state index contributed by atoms with van der Waals surface area (Å²) in [5.74, 6) is -1.80. The first-order valence-corrected chi connectivity index (χ1v) is 26.6. The monoisotopic (exact) mass is 1100 g/mol. The van der Waals surface area contributed by atoms with E-state index in [4.69, 9.17) is 18.6 Å². The lowest BCUT2D eigenvalue weighted by Crippen LogP contribution is -2.43.